The lowest BCUT2D eigenvalue weighted by molar-refractivity contribution is 0.0939. The first-order chi connectivity index (χ1) is 8.38. The molecule has 0 fully saturated rings. The first-order valence-electron chi connectivity index (χ1n) is 5.45. The van der Waals surface area contributed by atoms with Crippen LogP contribution < -0.4 is 5.32 Å². The van der Waals surface area contributed by atoms with E-state index >= 15 is 0 Å². The monoisotopic (exact) mass is 351 g/mol. The molecule has 1 N–H and O–H groups in total. The van der Waals surface area contributed by atoms with E-state index < -0.39 is 10.8 Å². The molecular weight excluding hydrogens is 338 g/mol. The lowest BCUT2D eigenvalue weighted by Crippen LogP contribution is -2.33. The third kappa shape index (κ3) is 5.50. The van der Waals surface area contributed by atoms with Crippen LogP contribution in [0.4, 0.5) is 0 Å². The van der Waals surface area contributed by atoms with Crippen LogP contribution in [0.25, 0.3) is 0 Å². The Kier molecular flexibility index (Phi) is 6.32. The molecule has 0 aliphatic carbocycles. The molecule has 0 aliphatic heterocycles. The van der Waals surface area contributed by atoms with Gasteiger partial charge in [-0.25, -0.2) is 0 Å². The highest BCUT2D eigenvalue weighted by Crippen LogP contribution is 2.19. The van der Waals surface area contributed by atoms with Crippen molar-refractivity contribution in [3.05, 3.63) is 33.3 Å². The van der Waals surface area contributed by atoms with Crippen LogP contribution in [0.5, 0.6) is 0 Å². The summed E-state index contributed by atoms with van der Waals surface area (Å²) in [4.78, 5) is 11.9. The summed E-state index contributed by atoms with van der Waals surface area (Å²) in [7, 11) is -0.833. The second-order valence-electron chi connectivity index (χ2n) is 4.10. The van der Waals surface area contributed by atoms with E-state index in [0.717, 1.165) is 4.47 Å². The number of hydrogen-bond acceptors (Lipinski definition) is 2. The zero-order chi connectivity index (χ0) is 13.7. The average Bonchev–Trinajstić information content (AvgIpc) is 2.25. The van der Waals surface area contributed by atoms with Crippen molar-refractivity contribution >= 4 is 44.2 Å². The molecule has 2 unspecified atom stereocenters. The molecule has 1 aromatic rings. The number of carbonyl (C=O) groups excluding carboxylic acids is 1. The fourth-order valence-corrected chi connectivity index (χ4v) is 2.95. The van der Waals surface area contributed by atoms with Gasteiger partial charge in [-0.1, -0.05) is 27.5 Å². The van der Waals surface area contributed by atoms with Crippen molar-refractivity contribution in [3.8, 4) is 0 Å². The Morgan fingerprint density at radius 2 is 2.17 bits per heavy atom. The summed E-state index contributed by atoms with van der Waals surface area (Å²) in [6.45, 7) is 1.89. The maximum absolute atomic E-state index is 11.9. The summed E-state index contributed by atoms with van der Waals surface area (Å²) in [5.74, 6) is 0.410. The van der Waals surface area contributed by atoms with Crippen molar-refractivity contribution in [1.29, 1.82) is 0 Å². The molecule has 0 heterocycles. The zero-order valence-corrected chi connectivity index (χ0v) is 13.4. The molecule has 0 spiro atoms. The molecule has 0 aliphatic rings. The van der Waals surface area contributed by atoms with Crippen LogP contribution in [0.1, 0.15) is 23.7 Å². The van der Waals surface area contributed by atoms with Crippen molar-refractivity contribution in [2.24, 2.45) is 0 Å². The predicted octanol–water partition coefficient (Wildman–Crippen LogP) is 2.99. The molecule has 100 valence electrons. The van der Waals surface area contributed by atoms with Gasteiger partial charge in [0.1, 0.15) is 0 Å². The average molecular weight is 353 g/mol. The lowest BCUT2D eigenvalue weighted by atomic mass is 10.2. The number of halogens is 2. The Morgan fingerprint density at radius 1 is 1.50 bits per heavy atom. The number of nitrogens with one attached hydrogen (secondary N) is 1. The summed E-state index contributed by atoms with van der Waals surface area (Å²) in [6.07, 6.45) is 2.35. The summed E-state index contributed by atoms with van der Waals surface area (Å²) < 4.78 is 11.7. The highest BCUT2D eigenvalue weighted by Gasteiger charge is 2.11. The third-order valence-electron chi connectivity index (χ3n) is 2.34. The van der Waals surface area contributed by atoms with Crippen molar-refractivity contribution in [2.75, 3.05) is 12.0 Å². The molecule has 1 aromatic carbocycles. The van der Waals surface area contributed by atoms with Crippen LogP contribution >= 0.6 is 27.5 Å². The summed E-state index contributed by atoms with van der Waals surface area (Å²) in [6, 6.07) is 5.04. The molecule has 0 aromatic heterocycles. The third-order valence-corrected chi connectivity index (χ3v) is 3.83. The molecule has 1 rings (SSSR count). The van der Waals surface area contributed by atoms with Crippen LogP contribution in [0.3, 0.4) is 0 Å². The van der Waals surface area contributed by atoms with E-state index in [0.29, 0.717) is 22.8 Å². The van der Waals surface area contributed by atoms with Gasteiger partial charge in [0.05, 0.1) is 0 Å². The Morgan fingerprint density at radius 3 is 2.72 bits per heavy atom. The summed E-state index contributed by atoms with van der Waals surface area (Å²) >= 11 is 9.18. The van der Waals surface area contributed by atoms with Crippen LogP contribution in [-0.2, 0) is 10.8 Å². The molecule has 18 heavy (non-hydrogen) atoms. The predicted molar refractivity (Wildman–Crippen MR) is 79.6 cm³/mol. The van der Waals surface area contributed by atoms with E-state index in [9.17, 15) is 9.00 Å². The van der Waals surface area contributed by atoms with Gasteiger partial charge in [0.2, 0.25) is 0 Å². The van der Waals surface area contributed by atoms with E-state index in [1.807, 2.05) is 6.92 Å². The molecule has 1 amide bonds. The normalized spacial score (nSPS) is 14.0. The van der Waals surface area contributed by atoms with E-state index in [2.05, 4.69) is 21.2 Å². The van der Waals surface area contributed by atoms with E-state index in [4.69, 9.17) is 11.6 Å². The standard InChI is InChI=1S/C12H15BrClNO2S/c1-8(3-4-18(2)17)15-12(16)9-5-10(13)7-11(14)6-9/h5-8H,3-4H2,1-2H3,(H,15,16). The van der Waals surface area contributed by atoms with Gasteiger partial charge < -0.3 is 5.32 Å². The molecule has 0 bridgehead atoms. The first kappa shape index (κ1) is 15.7. The second kappa shape index (κ2) is 7.26. The summed E-state index contributed by atoms with van der Waals surface area (Å²) in [5.41, 5.74) is 0.513. The zero-order valence-electron chi connectivity index (χ0n) is 10.2. The van der Waals surface area contributed by atoms with Gasteiger partial charge in [-0.05, 0) is 31.5 Å². The van der Waals surface area contributed by atoms with Crippen LogP contribution in [0.15, 0.2) is 22.7 Å². The van der Waals surface area contributed by atoms with E-state index in [-0.39, 0.29) is 11.9 Å². The number of rotatable bonds is 5. The quantitative estimate of drug-likeness (QED) is 0.885. The van der Waals surface area contributed by atoms with Crippen molar-refractivity contribution in [2.45, 2.75) is 19.4 Å². The maximum Gasteiger partial charge on any atom is 0.251 e. The van der Waals surface area contributed by atoms with Gasteiger partial charge in [0, 0.05) is 43.9 Å². The SMILES string of the molecule is CC(CCS(C)=O)NC(=O)c1cc(Cl)cc(Br)c1. The van der Waals surface area contributed by atoms with Gasteiger partial charge in [0.15, 0.2) is 0 Å². The summed E-state index contributed by atoms with van der Waals surface area (Å²) in [5, 5.41) is 3.36. The van der Waals surface area contributed by atoms with Crippen molar-refractivity contribution < 1.29 is 9.00 Å². The van der Waals surface area contributed by atoms with Gasteiger partial charge in [-0.3, -0.25) is 9.00 Å². The Bertz CT molecular complexity index is 447. The number of amides is 1. The Balaban J connectivity index is 2.61. The molecule has 3 nitrogen and oxygen atoms in total. The largest absolute Gasteiger partial charge is 0.350 e. The van der Waals surface area contributed by atoms with Crippen LogP contribution in [-0.4, -0.2) is 28.2 Å². The highest BCUT2D eigenvalue weighted by molar-refractivity contribution is 9.10. The number of carbonyl (C=O) groups is 1. The molecule has 0 saturated carbocycles. The maximum atomic E-state index is 11.9. The van der Waals surface area contributed by atoms with Gasteiger partial charge in [-0.15, -0.1) is 0 Å². The second-order valence-corrected chi connectivity index (χ2v) is 7.01. The minimum atomic E-state index is -0.833. The fraction of sp³-hybridized carbons (Fsp3) is 0.417. The van der Waals surface area contributed by atoms with E-state index in [1.165, 1.54) is 0 Å². The molecular formula is C12H15BrClNO2S. The Hall–Kier alpha value is -0.390. The molecule has 2 atom stereocenters. The Labute approximate surface area is 123 Å². The van der Waals surface area contributed by atoms with Crippen LogP contribution in [0, 0.1) is 0 Å². The van der Waals surface area contributed by atoms with Gasteiger partial charge in [0.25, 0.3) is 5.91 Å². The molecule has 6 heteroatoms. The van der Waals surface area contributed by atoms with Crippen molar-refractivity contribution in [1.82, 2.24) is 5.32 Å². The first-order valence-corrected chi connectivity index (χ1v) is 8.35. The highest BCUT2D eigenvalue weighted by atomic mass is 79.9. The topological polar surface area (TPSA) is 46.2 Å². The molecule has 0 radical (unpaired) electrons. The number of benzene rings is 1. The lowest BCUT2D eigenvalue weighted by Gasteiger charge is -2.13. The smallest absolute Gasteiger partial charge is 0.251 e. The minimum absolute atomic E-state index is 0.0147. The number of hydrogen-bond donors (Lipinski definition) is 1. The van der Waals surface area contributed by atoms with Gasteiger partial charge >= 0.3 is 0 Å². The van der Waals surface area contributed by atoms with Crippen molar-refractivity contribution in [3.63, 3.8) is 0 Å². The minimum Gasteiger partial charge on any atom is -0.350 e. The fourth-order valence-electron chi connectivity index (χ4n) is 1.41. The van der Waals surface area contributed by atoms with Gasteiger partial charge in [-0.2, -0.15) is 0 Å². The van der Waals surface area contributed by atoms with Crippen LogP contribution in [0.2, 0.25) is 5.02 Å². The molecule has 0 saturated heterocycles. The van der Waals surface area contributed by atoms with E-state index in [1.54, 1.807) is 24.5 Å².